The predicted octanol–water partition coefficient (Wildman–Crippen LogP) is 4.24. The number of nitrogens with zero attached hydrogens (tertiary/aromatic N) is 5. The van der Waals surface area contributed by atoms with Crippen molar-refractivity contribution < 1.29 is 18.0 Å². The quantitative estimate of drug-likeness (QED) is 0.656. The molecule has 1 aliphatic rings. The van der Waals surface area contributed by atoms with E-state index in [1.54, 1.807) is 36.9 Å². The maximum absolute atomic E-state index is 13.6. The third-order valence-electron chi connectivity index (χ3n) is 5.13. The van der Waals surface area contributed by atoms with Crippen LogP contribution in [0, 0.1) is 0 Å². The van der Waals surface area contributed by atoms with E-state index in [4.69, 9.17) is 0 Å². The molecule has 29 heavy (non-hydrogen) atoms. The third-order valence-corrected chi connectivity index (χ3v) is 5.13. The Morgan fingerprint density at radius 1 is 1.21 bits per heavy atom. The van der Waals surface area contributed by atoms with E-state index in [2.05, 4.69) is 15.1 Å². The molecule has 3 aromatic heterocycles. The standard InChI is InChI=1S/C20H20F3N5O/c1-12(2)14-10-17(20(21,22)23)28-18(25-14)11-15(26-28)16-4-3-9-27(16)19(29)13-5-7-24-8-6-13/h5-8,10-12,16H,3-4,9H2,1-2H3. The smallest absolute Gasteiger partial charge is 0.330 e. The Morgan fingerprint density at radius 2 is 1.93 bits per heavy atom. The molecular formula is C20H20F3N5O. The van der Waals surface area contributed by atoms with Crippen LogP contribution in [-0.4, -0.2) is 36.9 Å². The number of amides is 1. The van der Waals surface area contributed by atoms with Gasteiger partial charge in [-0.15, -0.1) is 0 Å². The summed E-state index contributed by atoms with van der Waals surface area (Å²) in [6.07, 6.45) is -0.0893. The lowest BCUT2D eigenvalue weighted by molar-refractivity contribution is -0.142. The molecule has 1 fully saturated rings. The Bertz CT molecular complexity index is 1050. The van der Waals surface area contributed by atoms with Crippen LogP contribution in [0.1, 0.15) is 66.1 Å². The van der Waals surface area contributed by atoms with Gasteiger partial charge in [-0.2, -0.15) is 18.3 Å². The number of aromatic nitrogens is 4. The van der Waals surface area contributed by atoms with Gasteiger partial charge in [0.2, 0.25) is 0 Å². The fraction of sp³-hybridized carbons (Fsp3) is 0.400. The first-order valence-corrected chi connectivity index (χ1v) is 9.44. The van der Waals surface area contributed by atoms with Gasteiger partial charge < -0.3 is 4.90 Å². The number of pyridine rings is 1. The Balaban J connectivity index is 1.76. The van der Waals surface area contributed by atoms with Gasteiger partial charge in [-0.3, -0.25) is 9.78 Å². The fourth-order valence-corrected chi connectivity index (χ4v) is 3.65. The second-order valence-electron chi connectivity index (χ2n) is 7.45. The predicted molar refractivity (Wildman–Crippen MR) is 99.3 cm³/mol. The molecule has 0 spiro atoms. The first-order chi connectivity index (χ1) is 13.8. The number of fused-ring (bicyclic) bond motifs is 1. The SMILES string of the molecule is CC(C)c1cc(C(F)(F)F)n2nc(C3CCCN3C(=O)c3ccncc3)cc2n1. The Morgan fingerprint density at radius 3 is 2.59 bits per heavy atom. The number of alkyl halides is 3. The molecule has 0 saturated carbocycles. The van der Waals surface area contributed by atoms with Crippen LogP contribution in [0.3, 0.4) is 0 Å². The van der Waals surface area contributed by atoms with E-state index >= 15 is 0 Å². The molecule has 152 valence electrons. The summed E-state index contributed by atoms with van der Waals surface area (Å²) in [6.45, 7) is 4.11. The molecule has 3 aromatic rings. The van der Waals surface area contributed by atoms with Crippen LogP contribution in [0.4, 0.5) is 13.2 Å². The average molecular weight is 403 g/mol. The lowest BCUT2D eigenvalue weighted by Crippen LogP contribution is -2.30. The van der Waals surface area contributed by atoms with Crippen molar-refractivity contribution in [3.8, 4) is 0 Å². The van der Waals surface area contributed by atoms with Crippen molar-refractivity contribution in [3.63, 3.8) is 0 Å². The molecular weight excluding hydrogens is 383 g/mol. The van der Waals surface area contributed by atoms with Crippen LogP contribution in [0.15, 0.2) is 36.7 Å². The van der Waals surface area contributed by atoms with Crippen molar-refractivity contribution >= 4 is 11.6 Å². The maximum atomic E-state index is 13.6. The van der Waals surface area contributed by atoms with Crippen molar-refractivity contribution in [1.29, 1.82) is 0 Å². The van der Waals surface area contributed by atoms with Crippen LogP contribution >= 0.6 is 0 Å². The number of carbonyl (C=O) groups is 1. The van der Waals surface area contributed by atoms with Crippen LogP contribution in [0.5, 0.6) is 0 Å². The highest BCUT2D eigenvalue weighted by molar-refractivity contribution is 5.94. The minimum absolute atomic E-state index is 0.140. The second-order valence-corrected chi connectivity index (χ2v) is 7.45. The van der Waals surface area contributed by atoms with Gasteiger partial charge in [-0.25, -0.2) is 9.50 Å². The van der Waals surface area contributed by atoms with Crippen molar-refractivity contribution in [3.05, 3.63) is 59.3 Å². The van der Waals surface area contributed by atoms with Gasteiger partial charge >= 0.3 is 6.18 Å². The number of halogens is 3. The van der Waals surface area contributed by atoms with Crippen molar-refractivity contribution in [1.82, 2.24) is 24.5 Å². The lowest BCUT2D eigenvalue weighted by Gasteiger charge is -2.23. The van der Waals surface area contributed by atoms with E-state index in [0.717, 1.165) is 17.0 Å². The van der Waals surface area contributed by atoms with E-state index in [1.165, 1.54) is 12.4 Å². The summed E-state index contributed by atoms with van der Waals surface area (Å²) in [6, 6.07) is 5.47. The van der Waals surface area contributed by atoms with E-state index < -0.39 is 11.9 Å². The minimum Gasteiger partial charge on any atom is -0.330 e. The van der Waals surface area contributed by atoms with Gasteiger partial charge in [0.05, 0.1) is 11.7 Å². The van der Waals surface area contributed by atoms with E-state index in [1.807, 2.05) is 0 Å². The molecule has 0 aliphatic carbocycles. The number of hydrogen-bond acceptors (Lipinski definition) is 4. The Kier molecular flexibility index (Phi) is 4.76. The lowest BCUT2D eigenvalue weighted by atomic mass is 10.1. The van der Waals surface area contributed by atoms with Gasteiger partial charge in [0, 0.05) is 36.3 Å². The fourth-order valence-electron chi connectivity index (χ4n) is 3.65. The summed E-state index contributed by atoms with van der Waals surface area (Å²) in [4.78, 5) is 22.8. The highest BCUT2D eigenvalue weighted by Crippen LogP contribution is 2.35. The van der Waals surface area contributed by atoms with E-state index in [-0.39, 0.29) is 23.5 Å². The normalized spacial score (nSPS) is 17.4. The summed E-state index contributed by atoms with van der Waals surface area (Å²) in [7, 11) is 0. The molecule has 4 heterocycles. The summed E-state index contributed by atoms with van der Waals surface area (Å²) in [5, 5.41) is 4.22. The summed E-state index contributed by atoms with van der Waals surface area (Å²) in [5.41, 5.74) is 0.548. The molecule has 1 unspecified atom stereocenters. The Labute approximate surface area is 165 Å². The monoisotopic (exact) mass is 403 g/mol. The maximum Gasteiger partial charge on any atom is 0.433 e. The van der Waals surface area contributed by atoms with Crippen molar-refractivity contribution in [2.75, 3.05) is 6.54 Å². The number of carbonyl (C=O) groups excluding carboxylic acids is 1. The molecule has 0 bridgehead atoms. The average Bonchev–Trinajstić information content (AvgIpc) is 3.32. The van der Waals surface area contributed by atoms with Gasteiger partial charge in [0.25, 0.3) is 5.91 Å². The highest BCUT2D eigenvalue weighted by atomic mass is 19.4. The first-order valence-electron chi connectivity index (χ1n) is 9.44. The van der Waals surface area contributed by atoms with E-state index in [0.29, 0.717) is 29.9 Å². The molecule has 4 rings (SSSR count). The third kappa shape index (κ3) is 3.56. The van der Waals surface area contributed by atoms with Crippen LogP contribution in [-0.2, 0) is 6.18 Å². The minimum atomic E-state index is -4.56. The van der Waals surface area contributed by atoms with Gasteiger partial charge in [-0.1, -0.05) is 13.8 Å². The highest BCUT2D eigenvalue weighted by Gasteiger charge is 2.37. The first kappa shape index (κ1) is 19.4. The van der Waals surface area contributed by atoms with Crippen LogP contribution in [0.2, 0.25) is 0 Å². The zero-order valence-electron chi connectivity index (χ0n) is 16.0. The Hall–Kier alpha value is -2.97. The molecule has 1 atom stereocenters. The van der Waals surface area contributed by atoms with Gasteiger partial charge in [0.1, 0.15) is 5.69 Å². The van der Waals surface area contributed by atoms with Gasteiger partial charge in [-0.05, 0) is 37.0 Å². The molecule has 0 radical (unpaired) electrons. The zero-order chi connectivity index (χ0) is 20.8. The molecule has 0 aromatic carbocycles. The molecule has 1 saturated heterocycles. The molecule has 1 amide bonds. The van der Waals surface area contributed by atoms with Crippen molar-refractivity contribution in [2.24, 2.45) is 0 Å². The van der Waals surface area contributed by atoms with Crippen LogP contribution < -0.4 is 0 Å². The van der Waals surface area contributed by atoms with Gasteiger partial charge in [0.15, 0.2) is 5.65 Å². The molecule has 6 nitrogen and oxygen atoms in total. The van der Waals surface area contributed by atoms with Crippen molar-refractivity contribution in [2.45, 2.75) is 44.8 Å². The largest absolute Gasteiger partial charge is 0.433 e. The molecule has 0 N–H and O–H groups in total. The summed E-state index contributed by atoms with van der Waals surface area (Å²) in [5.74, 6) is -0.338. The summed E-state index contributed by atoms with van der Waals surface area (Å²) >= 11 is 0. The van der Waals surface area contributed by atoms with Crippen LogP contribution in [0.25, 0.3) is 5.65 Å². The number of likely N-dealkylation sites (tertiary alicyclic amines) is 1. The summed E-state index contributed by atoms with van der Waals surface area (Å²) < 4.78 is 41.7. The second kappa shape index (κ2) is 7.13. The molecule has 1 aliphatic heterocycles. The number of hydrogen-bond donors (Lipinski definition) is 0. The molecule has 9 heteroatoms. The topological polar surface area (TPSA) is 63.4 Å². The van der Waals surface area contributed by atoms with E-state index in [9.17, 15) is 18.0 Å². The zero-order valence-corrected chi connectivity index (χ0v) is 16.0. The number of rotatable bonds is 3.